The number of hydrogen-bond donors (Lipinski definition) is 0. The summed E-state index contributed by atoms with van der Waals surface area (Å²) < 4.78 is 19.6. The van der Waals surface area contributed by atoms with Crippen molar-refractivity contribution in [3.8, 4) is 11.5 Å². The lowest BCUT2D eigenvalue weighted by molar-refractivity contribution is -0.139. The third-order valence-electron chi connectivity index (χ3n) is 6.58. The molecule has 3 aromatic carbocycles. The second-order valence-electron chi connectivity index (χ2n) is 9.27. The summed E-state index contributed by atoms with van der Waals surface area (Å²) in [6, 6.07) is 17.4. The number of esters is 1. The van der Waals surface area contributed by atoms with Gasteiger partial charge in [-0.3, -0.25) is 9.36 Å². The lowest BCUT2D eigenvalue weighted by Gasteiger charge is -2.24. The minimum atomic E-state index is -0.721. The molecule has 4 aromatic rings. The molecule has 11 heteroatoms. The molecule has 42 heavy (non-hydrogen) atoms. The normalized spacial score (nSPS) is 14.8. The Morgan fingerprint density at radius 3 is 2.57 bits per heavy atom. The van der Waals surface area contributed by atoms with E-state index in [1.165, 1.54) is 15.9 Å². The number of halogens is 3. The number of fused-ring (bicyclic) bond motifs is 1. The Labute approximate surface area is 264 Å². The van der Waals surface area contributed by atoms with E-state index < -0.39 is 12.0 Å². The summed E-state index contributed by atoms with van der Waals surface area (Å²) in [5, 5.41) is 1.15. The van der Waals surface area contributed by atoms with Gasteiger partial charge in [-0.25, -0.2) is 9.79 Å². The minimum Gasteiger partial charge on any atom is -0.493 e. The van der Waals surface area contributed by atoms with Gasteiger partial charge in [0.1, 0.15) is 6.61 Å². The second-order valence-corrected chi connectivity index (χ2v) is 12.0. The van der Waals surface area contributed by atoms with Crippen molar-refractivity contribution in [1.82, 2.24) is 4.57 Å². The first kappa shape index (κ1) is 30.1. The molecule has 1 aliphatic rings. The number of benzene rings is 3. The van der Waals surface area contributed by atoms with E-state index in [1.54, 1.807) is 63.4 Å². The molecule has 5 rings (SSSR count). The first-order chi connectivity index (χ1) is 20.2. The van der Waals surface area contributed by atoms with Gasteiger partial charge in [0.25, 0.3) is 5.56 Å². The Balaban J connectivity index is 1.58. The SMILES string of the molecule is CCOC(=O)C1=C(C)N=c2sc(=Cc3cc(Br)c(OCc4ccccc4Cl)c(OC)c3)c(=O)n2C1c1ccc(Cl)cc1. The van der Waals surface area contributed by atoms with Crippen molar-refractivity contribution in [3.63, 3.8) is 0 Å². The molecule has 1 atom stereocenters. The van der Waals surface area contributed by atoms with E-state index in [0.717, 1.165) is 5.56 Å². The number of ether oxygens (including phenoxy) is 3. The van der Waals surface area contributed by atoms with E-state index in [4.69, 9.17) is 37.4 Å². The molecule has 0 N–H and O–H groups in total. The Morgan fingerprint density at radius 1 is 1.14 bits per heavy atom. The van der Waals surface area contributed by atoms with Gasteiger partial charge in [0.2, 0.25) is 0 Å². The number of hydrogen-bond acceptors (Lipinski definition) is 7. The summed E-state index contributed by atoms with van der Waals surface area (Å²) in [5.74, 6) is 0.470. The highest BCUT2D eigenvalue weighted by atomic mass is 79.9. The number of rotatable bonds is 8. The van der Waals surface area contributed by atoms with Gasteiger partial charge in [0.05, 0.1) is 40.0 Å². The van der Waals surface area contributed by atoms with Crippen molar-refractivity contribution in [2.24, 2.45) is 4.99 Å². The zero-order valence-corrected chi connectivity index (χ0v) is 26.7. The third-order valence-corrected chi connectivity index (χ3v) is 8.77. The lowest BCUT2D eigenvalue weighted by atomic mass is 9.96. The number of allylic oxidation sites excluding steroid dienone is 1. The predicted octanol–water partition coefficient (Wildman–Crippen LogP) is 6.46. The number of thiazole rings is 1. The van der Waals surface area contributed by atoms with Gasteiger partial charge >= 0.3 is 5.97 Å². The maximum atomic E-state index is 13.9. The molecule has 7 nitrogen and oxygen atoms in total. The smallest absolute Gasteiger partial charge is 0.338 e. The molecular formula is C31H25BrCl2N2O5S. The molecule has 1 aliphatic heterocycles. The average Bonchev–Trinajstić information content (AvgIpc) is 3.26. The Kier molecular flexibility index (Phi) is 9.22. The Morgan fingerprint density at radius 2 is 1.88 bits per heavy atom. The van der Waals surface area contributed by atoms with Crippen LogP contribution in [0.4, 0.5) is 0 Å². The summed E-state index contributed by atoms with van der Waals surface area (Å²) in [5.41, 5.74) is 2.77. The first-order valence-corrected chi connectivity index (χ1v) is 15.3. The highest BCUT2D eigenvalue weighted by Crippen LogP contribution is 2.38. The van der Waals surface area contributed by atoms with E-state index in [0.29, 0.717) is 57.7 Å². The monoisotopic (exact) mass is 686 g/mol. The number of carbonyl (C=O) groups excluding carboxylic acids is 1. The zero-order valence-electron chi connectivity index (χ0n) is 22.8. The van der Waals surface area contributed by atoms with Crippen LogP contribution in [-0.2, 0) is 16.1 Å². The topological polar surface area (TPSA) is 79.1 Å². The van der Waals surface area contributed by atoms with Crippen LogP contribution in [0.15, 0.2) is 86.2 Å². The highest BCUT2D eigenvalue weighted by Gasteiger charge is 2.33. The molecular weight excluding hydrogens is 663 g/mol. The molecule has 0 fully saturated rings. The van der Waals surface area contributed by atoms with Gasteiger partial charge in [0.15, 0.2) is 16.3 Å². The van der Waals surface area contributed by atoms with Gasteiger partial charge in [-0.15, -0.1) is 0 Å². The summed E-state index contributed by atoms with van der Waals surface area (Å²) >= 11 is 17.2. The number of nitrogens with zero attached hydrogens (tertiary/aromatic N) is 2. The number of aromatic nitrogens is 1. The van der Waals surface area contributed by atoms with Crippen LogP contribution in [0.2, 0.25) is 10.0 Å². The summed E-state index contributed by atoms with van der Waals surface area (Å²) in [6.07, 6.45) is 1.76. The molecule has 0 radical (unpaired) electrons. The molecule has 216 valence electrons. The predicted molar refractivity (Wildman–Crippen MR) is 168 cm³/mol. The first-order valence-electron chi connectivity index (χ1n) is 12.9. The van der Waals surface area contributed by atoms with Gasteiger partial charge in [-0.05, 0) is 77.3 Å². The van der Waals surface area contributed by atoms with E-state index in [-0.39, 0.29) is 18.8 Å². The van der Waals surface area contributed by atoms with Crippen LogP contribution < -0.4 is 24.4 Å². The van der Waals surface area contributed by atoms with Crippen LogP contribution >= 0.6 is 50.5 Å². The molecule has 0 amide bonds. The standard InChI is InChI=1S/C31H25BrCl2N2O5S/c1-4-40-30(38)26-17(2)35-31-36(27(26)19-9-11-21(33)12-10-19)29(37)25(42-31)15-18-13-22(32)28(24(14-18)39-3)41-16-20-7-5-6-8-23(20)34/h5-15,27H,4,16H2,1-3H3. The van der Waals surface area contributed by atoms with Crippen LogP contribution in [0.3, 0.4) is 0 Å². The van der Waals surface area contributed by atoms with Crippen molar-refractivity contribution in [2.75, 3.05) is 13.7 Å². The van der Waals surface area contributed by atoms with E-state index in [1.807, 2.05) is 24.3 Å². The molecule has 1 aromatic heterocycles. The van der Waals surface area contributed by atoms with E-state index >= 15 is 0 Å². The zero-order chi connectivity index (χ0) is 30.0. The maximum Gasteiger partial charge on any atom is 0.338 e. The quantitative estimate of drug-likeness (QED) is 0.199. The van der Waals surface area contributed by atoms with E-state index in [2.05, 4.69) is 20.9 Å². The van der Waals surface area contributed by atoms with Crippen molar-refractivity contribution < 1.29 is 19.0 Å². The largest absolute Gasteiger partial charge is 0.493 e. The van der Waals surface area contributed by atoms with Gasteiger partial charge in [-0.2, -0.15) is 0 Å². The fourth-order valence-corrected chi connectivity index (χ4v) is 6.57. The molecule has 0 saturated carbocycles. The van der Waals surface area contributed by atoms with Crippen molar-refractivity contribution in [3.05, 3.63) is 123 Å². The maximum absolute atomic E-state index is 13.9. The molecule has 0 spiro atoms. The van der Waals surface area contributed by atoms with Crippen molar-refractivity contribution in [2.45, 2.75) is 26.5 Å². The molecule has 0 aliphatic carbocycles. The highest BCUT2D eigenvalue weighted by molar-refractivity contribution is 9.10. The van der Waals surface area contributed by atoms with Gasteiger partial charge < -0.3 is 14.2 Å². The van der Waals surface area contributed by atoms with Crippen molar-refractivity contribution >= 4 is 62.5 Å². The molecule has 0 saturated heterocycles. The lowest BCUT2D eigenvalue weighted by Crippen LogP contribution is -2.39. The van der Waals surface area contributed by atoms with Crippen LogP contribution in [0.1, 0.15) is 36.6 Å². The number of carbonyl (C=O) groups is 1. The fraction of sp³-hybridized carbons (Fsp3) is 0.194. The molecule has 0 bridgehead atoms. The second kappa shape index (κ2) is 12.9. The summed E-state index contributed by atoms with van der Waals surface area (Å²) in [6.45, 7) is 3.93. The van der Waals surface area contributed by atoms with Crippen LogP contribution in [0.5, 0.6) is 11.5 Å². The van der Waals surface area contributed by atoms with Gasteiger partial charge in [0, 0.05) is 15.6 Å². The average molecular weight is 688 g/mol. The van der Waals surface area contributed by atoms with Crippen LogP contribution in [0, 0.1) is 0 Å². The molecule has 2 heterocycles. The van der Waals surface area contributed by atoms with Crippen LogP contribution in [0.25, 0.3) is 6.08 Å². The Bertz CT molecular complexity index is 1880. The van der Waals surface area contributed by atoms with Crippen LogP contribution in [-0.4, -0.2) is 24.3 Å². The number of methoxy groups -OCH3 is 1. The van der Waals surface area contributed by atoms with Gasteiger partial charge in [-0.1, -0.05) is 64.9 Å². The Hall–Kier alpha value is -3.37. The minimum absolute atomic E-state index is 0.197. The summed E-state index contributed by atoms with van der Waals surface area (Å²) in [4.78, 5) is 32.1. The third kappa shape index (κ3) is 6.06. The van der Waals surface area contributed by atoms with Crippen molar-refractivity contribution in [1.29, 1.82) is 0 Å². The fourth-order valence-electron chi connectivity index (χ4n) is 4.63. The molecule has 1 unspecified atom stereocenters. The van der Waals surface area contributed by atoms with E-state index in [9.17, 15) is 9.59 Å². The summed E-state index contributed by atoms with van der Waals surface area (Å²) in [7, 11) is 1.55.